The number of aromatic hydroxyl groups is 5. The summed E-state index contributed by atoms with van der Waals surface area (Å²) >= 11 is 22.2. The van der Waals surface area contributed by atoms with Gasteiger partial charge in [-0.05, 0) is 281 Å². The molecule has 4 fully saturated rings. The standard InChI is InChI=1S/2C25H24FNO4S.C25H24FNO3S.C24H22FNO3S/c2*1-30-19-11-12-20(22(29)15-19)24-23(14-13-21(28)16-7-9-17(26)10-8-16)31-25(32)27(24)18-5-3-2-4-6-18;1-29-20-14-15-21(22(28)16-20)24-23(9-5-6-17-10-12-18(26)13-11-17)30-25(31)27(24)19-7-3-2-4-8-19;25-17-11-9-16(10-12-17)5-4-8-22-23(20-14-13-19(27)15-21(20)28)26(24(30)29-22)18-6-2-1-3-7-18/h2*2-12,15,21,23-24,28-29H,13-14H2,1H3;2-4,7-8,10-16,23-24,28H,5-6,9H2,1H3;1-3,6-7,9-15,22-23,27-28H,4-5,8H2/t21?,23-,24-;21-,23+,24+;23-,24-;/m101./s1. The number of nitrogens with zero attached hydrogens (tertiary/aromatic N) is 4. The lowest BCUT2D eigenvalue weighted by Crippen LogP contribution is -2.29. The van der Waals surface area contributed by atoms with Gasteiger partial charge in [0, 0.05) is 69.3 Å². The summed E-state index contributed by atoms with van der Waals surface area (Å²) in [6.07, 6.45) is 3.53. The van der Waals surface area contributed by atoms with E-state index >= 15 is 0 Å². The fourth-order valence-corrected chi connectivity index (χ4v) is 17.3. The molecule has 646 valence electrons. The molecule has 12 aromatic rings. The average Bonchev–Trinajstić information content (AvgIpc) is 1.65. The summed E-state index contributed by atoms with van der Waals surface area (Å²) in [5, 5.41) is 75.0. The molecule has 16 rings (SSSR count). The predicted molar refractivity (Wildman–Crippen MR) is 490 cm³/mol. The maximum atomic E-state index is 13.2. The summed E-state index contributed by atoms with van der Waals surface area (Å²) in [4.78, 5) is 7.63. The number of aryl methyl sites for hydroxylation is 2. The number of hydrogen-bond donors (Lipinski definition) is 7. The number of thiocarbonyl (C=S) groups is 4. The summed E-state index contributed by atoms with van der Waals surface area (Å²) in [5.41, 5.74) is 9.55. The largest absolute Gasteiger partial charge is 0.508 e. The van der Waals surface area contributed by atoms with Crippen LogP contribution in [0.25, 0.3) is 0 Å². The van der Waals surface area contributed by atoms with Crippen LogP contribution in [0.5, 0.6) is 46.0 Å². The molecule has 4 aliphatic heterocycles. The Hall–Kier alpha value is -12.6. The number of hydrogen-bond acceptors (Lipinski definition) is 18. The van der Waals surface area contributed by atoms with E-state index in [1.54, 1.807) is 110 Å². The zero-order chi connectivity index (χ0) is 88.2. The van der Waals surface area contributed by atoms with Gasteiger partial charge in [0.15, 0.2) is 0 Å². The summed E-state index contributed by atoms with van der Waals surface area (Å²) in [6, 6.07) is 82.1. The molecular weight excluding hydrogens is 1670 g/mol. The van der Waals surface area contributed by atoms with Gasteiger partial charge in [-0.1, -0.05) is 121 Å². The first-order valence-corrected chi connectivity index (χ1v) is 42.4. The van der Waals surface area contributed by atoms with Gasteiger partial charge in [0.2, 0.25) is 0 Å². The van der Waals surface area contributed by atoms with Crippen LogP contribution >= 0.6 is 48.9 Å². The van der Waals surface area contributed by atoms with Crippen molar-refractivity contribution in [2.24, 2.45) is 0 Å². The summed E-state index contributed by atoms with van der Waals surface area (Å²) in [5.74, 6) is 0.785. The van der Waals surface area contributed by atoms with Crippen molar-refractivity contribution >= 4 is 92.3 Å². The van der Waals surface area contributed by atoms with Gasteiger partial charge in [0.05, 0.1) is 33.5 Å². The number of rotatable bonds is 27. The van der Waals surface area contributed by atoms with Gasteiger partial charge in [-0.2, -0.15) is 0 Å². The first-order chi connectivity index (χ1) is 60.5. The second-order valence-electron chi connectivity index (χ2n) is 30.1. The van der Waals surface area contributed by atoms with E-state index in [1.165, 1.54) is 68.8 Å². The number of ether oxygens (including phenoxy) is 7. The Balaban J connectivity index is 0.000000143. The monoisotopic (exact) mass is 1770 g/mol. The highest BCUT2D eigenvalue weighted by molar-refractivity contribution is 7.81. The average molecular weight is 1770 g/mol. The van der Waals surface area contributed by atoms with Crippen LogP contribution < -0.4 is 33.8 Å². The lowest BCUT2D eigenvalue weighted by molar-refractivity contribution is 0.126. The lowest BCUT2D eigenvalue weighted by atomic mass is 9.94. The molecule has 4 heterocycles. The molecule has 0 saturated carbocycles. The molecular formula is C99H94F4N4O14S4. The topological polar surface area (TPSA) is 219 Å². The van der Waals surface area contributed by atoms with Crippen molar-refractivity contribution in [3.8, 4) is 46.0 Å². The van der Waals surface area contributed by atoms with Crippen molar-refractivity contribution in [1.29, 1.82) is 0 Å². The number of methoxy groups -OCH3 is 3. The first kappa shape index (κ1) is 90.2. The van der Waals surface area contributed by atoms with Crippen LogP contribution in [-0.4, -0.2) is 102 Å². The van der Waals surface area contributed by atoms with Gasteiger partial charge in [-0.25, -0.2) is 17.6 Å². The van der Waals surface area contributed by atoms with E-state index in [9.17, 15) is 53.3 Å². The van der Waals surface area contributed by atoms with E-state index in [2.05, 4.69) is 0 Å². The van der Waals surface area contributed by atoms with Crippen LogP contribution in [0.15, 0.2) is 291 Å². The van der Waals surface area contributed by atoms with Gasteiger partial charge in [-0.15, -0.1) is 0 Å². The molecule has 0 radical (unpaired) electrons. The molecule has 0 spiro atoms. The zero-order valence-electron chi connectivity index (χ0n) is 68.5. The molecule has 26 heteroatoms. The van der Waals surface area contributed by atoms with E-state index in [-0.39, 0.29) is 76.3 Å². The van der Waals surface area contributed by atoms with Crippen LogP contribution in [0.3, 0.4) is 0 Å². The van der Waals surface area contributed by atoms with Gasteiger partial charge in [0.1, 0.15) is 118 Å². The number of phenolic OH excluding ortho intramolecular Hbond substituents is 5. The molecule has 7 N–H and O–H groups in total. The maximum Gasteiger partial charge on any atom is 0.264 e. The van der Waals surface area contributed by atoms with Gasteiger partial charge < -0.3 is 68.9 Å². The van der Waals surface area contributed by atoms with E-state index in [4.69, 9.17) is 82.0 Å². The van der Waals surface area contributed by atoms with Crippen molar-refractivity contribution in [3.05, 3.63) is 359 Å². The Morgan fingerprint density at radius 2 is 0.560 bits per heavy atom. The van der Waals surface area contributed by atoms with Crippen molar-refractivity contribution in [2.45, 2.75) is 125 Å². The molecule has 0 aromatic heterocycles. The van der Waals surface area contributed by atoms with Crippen molar-refractivity contribution < 1.29 is 86.5 Å². The third-order valence-electron chi connectivity index (χ3n) is 22.1. The molecule has 0 amide bonds. The molecule has 0 bridgehead atoms. The molecule has 125 heavy (non-hydrogen) atoms. The second-order valence-corrected chi connectivity index (χ2v) is 31.5. The Kier molecular flexibility index (Phi) is 30.8. The number of benzene rings is 12. The van der Waals surface area contributed by atoms with Crippen molar-refractivity contribution in [1.82, 2.24) is 0 Å². The Morgan fingerprint density at radius 3 is 0.816 bits per heavy atom. The third-order valence-corrected chi connectivity index (χ3v) is 23.3. The fourth-order valence-electron chi connectivity index (χ4n) is 15.9. The molecule has 4 aliphatic rings. The van der Waals surface area contributed by atoms with Gasteiger partial charge in [0.25, 0.3) is 20.7 Å². The SMILES string of the molecule is COc1ccc([C@@H]2[C@@H](CCC(O)c3ccc(F)cc3)OC(=S)N2c2ccccc2)c(O)c1.COc1ccc([C@@H]2[C@@H](CCCc3ccc(F)cc3)OC(=S)N2c2ccccc2)c(O)c1.COc1ccc([C@@H]2[C@@H](CC[C@H](O)c3ccc(F)cc3)OC(=S)N2c2ccccc2)c(O)c1.Oc1ccc(C2C(CCCc3ccc(F)cc3)OC(=S)N2c2ccccc2)c(O)c1. The van der Waals surface area contributed by atoms with Gasteiger partial charge in [-0.3, -0.25) is 19.6 Å². The van der Waals surface area contributed by atoms with Crippen molar-refractivity contribution in [2.75, 3.05) is 40.9 Å². The number of aliphatic hydroxyl groups excluding tert-OH is 2. The summed E-state index contributed by atoms with van der Waals surface area (Å²) in [7, 11) is 4.65. The van der Waals surface area contributed by atoms with Crippen LogP contribution in [-0.2, 0) is 31.8 Å². The highest BCUT2D eigenvalue weighted by Crippen LogP contribution is 2.49. The Bertz CT molecular complexity index is 5420. The molecule has 10 atom stereocenters. The number of aliphatic hydroxyl groups is 2. The normalized spacial score (nSPS) is 18.6. The smallest absolute Gasteiger partial charge is 0.264 e. The quantitative estimate of drug-likeness (QED) is 0.0188. The summed E-state index contributed by atoms with van der Waals surface area (Å²) in [6.45, 7) is 0. The molecule has 12 aromatic carbocycles. The maximum absolute atomic E-state index is 13.2. The van der Waals surface area contributed by atoms with E-state index < -0.39 is 36.5 Å². The van der Waals surface area contributed by atoms with Crippen LogP contribution in [0.2, 0.25) is 0 Å². The Morgan fingerprint density at radius 1 is 0.312 bits per heavy atom. The van der Waals surface area contributed by atoms with Gasteiger partial charge >= 0.3 is 0 Å². The predicted octanol–water partition coefficient (Wildman–Crippen LogP) is 21.9. The molecule has 3 unspecified atom stereocenters. The minimum Gasteiger partial charge on any atom is -0.508 e. The van der Waals surface area contributed by atoms with Crippen LogP contribution in [0, 0.1) is 23.3 Å². The zero-order valence-corrected chi connectivity index (χ0v) is 71.7. The van der Waals surface area contributed by atoms with Crippen molar-refractivity contribution in [3.63, 3.8) is 0 Å². The van der Waals surface area contributed by atoms with E-state index in [0.29, 0.717) is 97.9 Å². The van der Waals surface area contributed by atoms with Crippen LogP contribution in [0.4, 0.5) is 40.3 Å². The minimum atomic E-state index is -0.774. The molecule has 18 nitrogen and oxygen atoms in total. The number of halogens is 4. The highest BCUT2D eigenvalue weighted by Gasteiger charge is 2.47. The number of phenols is 5. The van der Waals surface area contributed by atoms with E-state index in [1.807, 2.05) is 153 Å². The minimum absolute atomic E-state index is 0.00207. The lowest BCUT2D eigenvalue weighted by Gasteiger charge is -2.27. The fraction of sp³-hybridized carbons (Fsp3) is 0.232. The van der Waals surface area contributed by atoms with E-state index in [0.717, 1.165) is 71.5 Å². The summed E-state index contributed by atoms with van der Waals surface area (Å²) < 4.78 is 92.7. The Labute approximate surface area is 744 Å². The molecule has 0 aliphatic carbocycles. The first-order valence-electron chi connectivity index (χ1n) is 40.7. The second kappa shape index (κ2) is 42.7. The van der Waals surface area contributed by atoms with Crippen LogP contribution in [0.1, 0.15) is 132 Å². The third kappa shape index (κ3) is 22.5. The number of anilines is 4. The molecule has 4 saturated heterocycles. The highest BCUT2D eigenvalue weighted by atomic mass is 32.1. The number of para-hydroxylation sites is 4.